The van der Waals surface area contributed by atoms with Gasteiger partial charge in [-0.05, 0) is 35.4 Å². The number of fused-ring (bicyclic) bond motifs is 2. The lowest BCUT2D eigenvalue weighted by molar-refractivity contribution is 0.398. The summed E-state index contributed by atoms with van der Waals surface area (Å²) in [7, 11) is 0. The maximum Gasteiger partial charge on any atom is 0.138 e. The highest BCUT2D eigenvalue weighted by molar-refractivity contribution is 5.86. The summed E-state index contributed by atoms with van der Waals surface area (Å²) in [5, 5.41) is 0. The van der Waals surface area contributed by atoms with Gasteiger partial charge in [-0.25, -0.2) is 8.78 Å². The van der Waals surface area contributed by atoms with E-state index in [-0.39, 0.29) is 12.2 Å². The minimum Gasteiger partial charge on any atom is -0.456 e. The zero-order chi connectivity index (χ0) is 15.0. The maximum atomic E-state index is 13.4. The first-order chi connectivity index (χ1) is 10.1. The van der Waals surface area contributed by atoms with E-state index in [9.17, 15) is 8.78 Å². The van der Waals surface area contributed by atoms with Gasteiger partial charge in [0, 0.05) is 23.6 Å². The highest BCUT2D eigenvalue weighted by Gasteiger charge is 2.21. The summed E-state index contributed by atoms with van der Waals surface area (Å²) in [5.74, 6) is 0.707. The van der Waals surface area contributed by atoms with Crippen molar-refractivity contribution in [3.05, 3.63) is 78.1 Å². The molecule has 1 atom stereocenters. The van der Waals surface area contributed by atoms with Crippen LogP contribution < -0.4 is 4.74 Å². The van der Waals surface area contributed by atoms with E-state index in [0.717, 1.165) is 22.3 Å². The molecule has 1 heterocycles. The van der Waals surface area contributed by atoms with Crippen LogP contribution in [0.25, 0.3) is 5.57 Å². The summed E-state index contributed by atoms with van der Waals surface area (Å²) in [6, 6.07) is 9.78. The Morgan fingerprint density at radius 3 is 2.67 bits per heavy atom. The number of halogens is 2. The highest BCUT2D eigenvalue weighted by Crippen LogP contribution is 2.43. The van der Waals surface area contributed by atoms with Crippen molar-refractivity contribution >= 4 is 5.57 Å². The second-order valence-electron chi connectivity index (χ2n) is 5.01. The van der Waals surface area contributed by atoms with Crippen LogP contribution in [-0.4, -0.2) is 6.17 Å². The van der Waals surface area contributed by atoms with Gasteiger partial charge >= 0.3 is 0 Å². The number of hydrogen-bond acceptors (Lipinski definition) is 1. The van der Waals surface area contributed by atoms with Crippen LogP contribution in [0.5, 0.6) is 11.5 Å². The quantitative estimate of drug-likeness (QED) is 0.611. The smallest absolute Gasteiger partial charge is 0.138 e. The second kappa shape index (κ2) is 5.17. The van der Waals surface area contributed by atoms with Gasteiger partial charge in [0.2, 0.25) is 0 Å². The molecule has 0 radical (unpaired) electrons. The molecular weight excluding hydrogens is 270 g/mol. The lowest BCUT2D eigenvalue weighted by Crippen LogP contribution is -2.05. The minimum atomic E-state index is -1.08. The third-order valence-corrected chi connectivity index (χ3v) is 3.54. The fourth-order valence-corrected chi connectivity index (χ4v) is 2.43. The normalized spacial score (nSPS) is 13.9. The van der Waals surface area contributed by atoms with Crippen molar-refractivity contribution in [3.63, 3.8) is 0 Å². The van der Waals surface area contributed by atoms with Gasteiger partial charge in [0.25, 0.3) is 0 Å². The second-order valence-corrected chi connectivity index (χ2v) is 5.01. The van der Waals surface area contributed by atoms with Gasteiger partial charge in [-0.15, -0.1) is 6.58 Å². The average Bonchev–Trinajstić information content (AvgIpc) is 2.47. The van der Waals surface area contributed by atoms with Crippen LogP contribution in [0.4, 0.5) is 8.78 Å². The molecule has 2 aromatic rings. The topological polar surface area (TPSA) is 9.23 Å². The fraction of sp³-hybridized carbons (Fsp3) is 0.111. The third-order valence-electron chi connectivity index (χ3n) is 3.54. The van der Waals surface area contributed by atoms with E-state index in [4.69, 9.17) is 4.74 Å². The summed E-state index contributed by atoms with van der Waals surface area (Å²) in [6.45, 7) is 7.50. The van der Waals surface area contributed by atoms with Crippen molar-refractivity contribution in [2.75, 3.05) is 0 Å². The third kappa shape index (κ3) is 2.47. The molecule has 0 spiro atoms. The van der Waals surface area contributed by atoms with Crippen molar-refractivity contribution in [2.45, 2.75) is 12.6 Å². The first-order valence-corrected chi connectivity index (χ1v) is 6.65. The summed E-state index contributed by atoms with van der Waals surface area (Å²) in [4.78, 5) is 0. The van der Waals surface area contributed by atoms with Crippen molar-refractivity contribution in [1.29, 1.82) is 0 Å². The van der Waals surface area contributed by atoms with Crippen molar-refractivity contribution < 1.29 is 13.5 Å². The Balaban J connectivity index is 2.00. The van der Waals surface area contributed by atoms with Gasteiger partial charge < -0.3 is 4.74 Å². The van der Waals surface area contributed by atoms with E-state index in [1.165, 1.54) is 18.2 Å². The van der Waals surface area contributed by atoms with Gasteiger partial charge in [0.05, 0.1) is 0 Å². The monoisotopic (exact) mass is 284 g/mol. The molecule has 3 rings (SSSR count). The molecule has 1 unspecified atom stereocenters. The predicted octanol–water partition coefficient (Wildman–Crippen LogP) is 5.06. The molecular formula is C18H14F2O. The number of hydrogen-bond donors (Lipinski definition) is 0. The van der Waals surface area contributed by atoms with Crippen LogP contribution in [0.3, 0.4) is 0 Å². The minimum absolute atomic E-state index is 0.264. The van der Waals surface area contributed by atoms with Crippen LogP contribution in [-0.2, 0) is 6.42 Å². The van der Waals surface area contributed by atoms with E-state index in [1.54, 1.807) is 18.2 Å². The van der Waals surface area contributed by atoms with Gasteiger partial charge in [0.1, 0.15) is 23.5 Å². The van der Waals surface area contributed by atoms with Crippen LogP contribution >= 0.6 is 0 Å². The first kappa shape index (κ1) is 13.6. The Hall–Kier alpha value is -2.42. The first-order valence-electron chi connectivity index (χ1n) is 6.65. The molecule has 0 aliphatic carbocycles. The molecule has 0 saturated heterocycles. The molecule has 106 valence electrons. The van der Waals surface area contributed by atoms with Gasteiger partial charge in [-0.1, -0.05) is 18.7 Å². The molecule has 1 nitrogen and oxygen atoms in total. The molecule has 1 aliphatic rings. The fourth-order valence-electron chi connectivity index (χ4n) is 2.43. The van der Waals surface area contributed by atoms with Gasteiger partial charge in [-0.2, -0.15) is 0 Å². The molecule has 3 heteroatoms. The Labute approximate surface area is 122 Å². The molecule has 2 aromatic carbocycles. The maximum absolute atomic E-state index is 13.4. The molecule has 21 heavy (non-hydrogen) atoms. The molecule has 0 saturated carbocycles. The van der Waals surface area contributed by atoms with Crippen LogP contribution in [0.1, 0.15) is 16.7 Å². The summed E-state index contributed by atoms with van der Waals surface area (Å²) >= 11 is 0. The van der Waals surface area contributed by atoms with E-state index in [2.05, 4.69) is 13.2 Å². The summed E-state index contributed by atoms with van der Waals surface area (Å²) in [6.07, 6.45) is 0.464. The SMILES string of the molecule is C=CC(F)Cc1ccc2c(c1)C(=C)c1ccc(F)cc1O2. The van der Waals surface area contributed by atoms with Crippen molar-refractivity contribution in [3.8, 4) is 11.5 Å². The summed E-state index contributed by atoms with van der Waals surface area (Å²) in [5.41, 5.74) is 3.16. The lowest BCUT2D eigenvalue weighted by Gasteiger charge is -2.23. The van der Waals surface area contributed by atoms with Crippen molar-refractivity contribution in [2.24, 2.45) is 0 Å². The van der Waals surface area contributed by atoms with Crippen molar-refractivity contribution in [1.82, 2.24) is 0 Å². The molecule has 0 amide bonds. The van der Waals surface area contributed by atoms with Crippen LogP contribution in [0, 0.1) is 5.82 Å². The van der Waals surface area contributed by atoms with Gasteiger partial charge in [-0.3, -0.25) is 0 Å². The predicted molar refractivity (Wildman–Crippen MR) is 79.8 cm³/mol. The van der Waals surface area contributed by atoms with Crippen LogP contribution in [0.2, 0.25) is 0 Å². The average molecular weight is 284 g/mol. The van der Waals surface area contributed by atoms with Gasteiger partial charge in [0.15, 0.2) is 0 Å². The van der Waals surface area contributed by atoms with E-state index in [1.807, 2.05) is 6.07 Å². The van der Waals surface area contributed by atoms with E-state index in [0.29, 0.717) is 11.5 Å². The Morgan fingerprint density at radius 2 is 1.90 bits per heavy atom. The zero-order valence-corrected chi connectivity index (χ0v) is 11.4. The number of ether oxygens (including phenoxy) is 1. The Morgan fingerprint density at radius 1 is 1.10 bits per heavy atom. The molecule has 0 aromatic heterocycles. The van der Waals surface area contributed by atoms with Crippen LogP contribution in [0.15, 0.2) is 55.6 Å². The molecule has 0 N–H and O–H groups in total. The molecule has 0 bridgehead atoms. The lowest BCUT2D eigenvalue weighted by atomic mass is 9.93. The Kier molecular flexibility index (Phi) is 3.34. The highest BCUT2D eigenvalue weighted by atomic mass is 19.1. The van der Waals surface area contributed by atoms with E-state index >= 15 is 0 Å². The molecule has 1 aliphatic heterocycles. The Bertz CT molecular complexity index is 734. The summed E-state index contributed by atoms with van der Waals surface area (Å²) < 4.78 is 32.4. The zero-order valence-electron chi connectivity index (χ0n) is 11.4. The number of benzene rings is 2. The largest absolute Gasteiger partial charge is 0.456 e. The number of alkyl halides is 1. The molecule has 0 fully saturated rings. The standard InChI is InChI=1S/C18H14F2O/c1-3-13(19)8-12-4-7-17-16(9-12)11(2)15-6-5-14(20)10-18(15)21-17/h3-7,9-10,13H,1-2,8H2. The number of allylic oxidation sites excluding steroid dienone is 1. The van der Waals surface area contributed by atoms with E-state index < -0.39 is 6.17 Å². The number of rotatable bonds is 3.